The third-order valence-electron chi connectivity index (χ3n) is 3.00. The summed E-state index contributed by atoms with van der Waals surface area (Å²) in [6.45, 7) is 5.50. The van der Waals surface area contributed by atoms with Crippen LogP contribution in [0.4, 0.5) is 4.79 Å². The molecule has 0 bridgehead atoms. The van der Waals surface area contributed by atoms with Gasteiger partial charge in [-0.2, -0.15) is 0 Å². The zero-order valence-electron chi connectivity index (χ0n) is 14.6. The summed E-state index contributed by atoms with van der Waals surface area (Å²) < 4.78 is 27.6. The topological polar surface area (TPSA) is 125 Å². The molecule has 0 fully saturated rings. The van der Waals surface area contributed by atoms with E-state index in [1.807, 2.05) is 0 Å². The second-order valence-corrected chi connectivity index (χ2v) is 8.22. The summed E-state index contributed by atoms with van der Waals surface area (Å²) in [7, 11) is -3.71. The Hall–Kier alpha value is -2.13. The van der Waals surface area contributed by atoms with Crippen molar-refractivity contribution in [3.63, 3.8) is 0 Å². The molecule has 9 heteroatoms. The van der Waals surface area contributed by atoms with Gasteiger partial charge >= 0.3 is 12.0 Å². The molecule has 0 radical (unpaired) electrons. The Labute approximate surface area is 148 Å². The van der Waals surface area contributed by atoms with Crippen molar-refractivity contribution >= 4 is 22.0 Å². The summed E-state index contributed by atoms with van der Waals surface area (Å²) in [5, 5.41) is 13.6. The van der Waals surface area contributed by atoms with Gasteiger partial charge in [-0.05, 0) is 38.8 Å². The fourth-order valence-corrected chi connectivity index (χ4v) is 3.71. The van der Waals surface area contributed by atoms with Crippen molar-refractivity contribution in [1.82, 2.24) is 15.4 Å². The van der Waals surface area contributed by atoms with Gasteiger partial charge in [0.25, 0.3) is 0 Å². The van der Waals surface area contributed by atoms with Gasteiger partial charge in [0.2, 0.25) is 10.0 Å². The van der Waals surface area contributed by atoms with Crippen LogP contribution in [0.15, 0.2) is 29.2 Å². The molecule has 25 heavy (non-hydrogen) atoms. The minimum absolute atomic E-state index is 0.0279. The number of amides is 2. The van der Waals surface area contributed by atoms with E-state index in [-0.39, 0.29) is 24.4 Å². The maximum Gasteiger partial charge on any atom is 0.315 e. The van der Waals surface area contributed by atoms with Crippen molar-refractivity contribution in [3.05, 3.63) is 29.8 Å². The molecule has 0 aliphatic rings. The molecule has 0 unspecified atom stereocenters. The summed E-state index contributed by atoms with van der Waals surface area (Å²) in [5.74, 6) is -0.923. The lowest BCUT2D eigenvalue weighted by atomic mass is 10.1. The molecule has 0 aliphatic carbocycles. The second-order valence-electron chi connectivity index (χ2n) is 6.57. The standard InChI is InChI=1S/C16H25N3O5S/c1-16(2,3)19-25(23,24)13-8-5-4-7-12(13)11-18-15(22)17-10-6-9-14(20)21/h4-5,7-8,19H,6,9-11H2,1-3H3,(H,20,21)(H2,17,18,22). The van der Waals surface area contributed by atoms with Crippen LogP contribution in [-0.4, -0.2) is 37.6 Å². The van der Waals surface area contributed by atoms with Crippen molar-refractivity contribution in [2.75, 3.05) is 6.54 Å². The number of benzene rings is 1. The van der Waals surface area contributed by atoms with Gasteiger partial charge in [0.15, 0.2) is 0 Å². The number of hydrogen-bond donors (Lipinski definition) is 4. The van der Waals surface area contributed by atoms with E-state index in [0.717, 1.165) is 0 Å². The normalized spacial score (nSPS) is 11.8. The Balaban J connectivity index is 2.69. The first-order chi connectivity index (χ1) is 11.5. The molecule has 0 saturated carbocycles. The van der Waals surface area contributed by atoms with E-state index in [9.17, 15) is 18.0 Å². The summed E-state index contributed by atoms with van der Waals surface area (Å²) >= 11 is 0. The molecule has 8 nitrogen and oxygen atoms in total. The number of carbonyl (C=O) groups is 2. The lowest BCUT2D eigenvalue weighted by Crippen LogP contribution is -2.41. The highest BCUT2D eigenvalue weighted by atomic mass is 32.2. The molecule has 0 heterocycles. The molecule has 0 atom stereocenters. The quantitative estimate of drug-likeness (QED) is 0.515. The van der Waals surface area contributed by atoms with E-state index < -0.39 is 27.6 Å². The minimum Gasteiger partial charge on any atom is -0.481 e. The van der Waals surface area contributed by atoms with E-state index >= 15 is 0 Å². The molecule has 1 aromatic carbocycles. The molecule has 1 rings (SSSR count). The fraction of sp³-hybridized carbons (Fsp3) is 0.500. The largest absolute Gasteiger partial charge is 0.481 e. The first kappa shape index (κ1) is 20.9. The van der Waals surface area contributed by atoms with Crippen molar-refractivity contribution in [2.45, 2.75) is 50.6 Å². The highest BCUT2D eigenvalue weighted by Crippen LogP contribution is 2.17. The Bertz CT molecular complexity index is 711. The Morgan fingerprint density at radius 3 is 2.36 bits per heavy atom. The molecule has 0 aliphatic heterocycles. The van der Waals surface area contributed by atoms with Crippen molar-refractivity contribution in [3.8, 4) is 0 Å². The van der Waals surface area contributed by atoms with Crippen LogP contribution in [0.1, 0.15) is 39.2 Å². The maximum absolute atomic E-state index is 12.5. The fourth-order valence-electron chi connectivity index (χ4n) is 2.05. The van der Waals surface area contributed by atoms with Crippen molar-refractivity contribution < 1.29 is 23.1 Å². The van der Waals surface area contributed by atoms with E-state index in [4.69, 9.17) is 5.11 Å². The first-order valence-corrected chi connectivity index (χ1v) is 9.35. The number of urea groups is 1. The summed E-state index contributed by atoms with van der Waals surface area (Å²) in [6.07, 6.45) is 0.295. The molecule has 4 N–H and O–H groups in total. The predicted molar refractivity (Wildman–Crippen MR) is 93.6 cm³/mol. The average molecular weight is 371 g/mol. The third-order valence-corrected chi connectivity index (χ3v) is 4.85. The Morgan fingerprint density at radius 2 is 1.76 bits per heavy atom. The number of carboxylic acids is 1. The van der Waals surface area contributed by atoms with E-state index in [1.54, 1.807) is 39.0 Å². The smallest absolute Gasteiger partial charge is 0.315 e. The summed E-state index contributed by atoms with van der Waals surface area (Å²) in [5.41, 5.74) is -0.166. The van der Waals surface area contributed by atoms with Gasteiger partial charge in [-0.15, -0.1) is 0 Å². The van der Waals surface area contributed by atoms with E-state index in [1.165, 1.54) is 6.07 Å². The molecular formula is C16H25N3O5S. The van der Waals surface area contributed by atoms with Gasteiger partial charge in [0.05, 0.1) is 4.90 Å². The lowest BCUT2D eigenvalue weighted by molar-refractivity contribution is -0.137. The zero-order chi connectivity index (χ0) is 19.1. The van der Waals surface area contributed by atoms with Crippen molar-refractivity contribution in [2.24, 2.45) is 0 Å². The van der Waals surface area contributed by atoms with Crippen molar-refractivity contribution in [1.29, 1.82) is 0 Å². The third kappa shape index (κ3) is 7.99. The van der Waals surface area contributed by atoms with Crippen LogP contribution in [0.2, 0.25) is 0 Å². The van der Waals surface area contributed by atoms with Gasteiger partial charge in [-0.25, -0.2) is 17.9 Å². The molecule has 140 valence electrons. The highest BCUT2D eigenvalue weighted by molar-refractivity contribution is 7.89. The van der Waals surface area contributed by atoms with Gasteiger partial charge in [0, 0.05) is 25.0 Å². The SMILES string of the molecule is CC(C)(C)NS(=O)(=O)c1ccccc1CNC(=O)NCCCC(=O)O. The predicted octanol–water partition coefficient (Wildman–Crippen LogP) is 1.43. The number of sulfonamides is 1. The molecular weight excluding hydrogens is 346 g/mol. The average Bonchev–Trinajstić information content (AvgIpc) is 2.47. The maximum atomic E-state index is 12.5. The Kier molecular flexibility index (Phi) is 7.38. The van der Waals surface area contributed by atoms with Crippen LogP contribution in [0.3, 0.4) is 0 Å². The van der Waals surface area contributed by atoms with Crippen LogP contribution in [0, 0.1) is 0 Å². The zero-order valence-corrected chi connectivity index (χ0v) is 15.4. The van der Waals surface area contributed by atoms with Crippen LogP contribution in [-0.2, 0) is 21.4 Å². The molecule has 0 spiro atoms. The molecule has 1 aromatic rings. The van der Waals surface area contributed by atoms with Gasteiger partial charge in [-0.3, -0.25) is 4.79 Å². The number of hydrogen-bond acceptors (Lipinski definition) is 4. The molecule has 0 aromatic heterocycles. The number of carboxylic acid groups (broad SMARTS) is 1. The number of nitrogens with one attached hydrogen (secondary N) is 3. The number of carbonyl (C=O) groups excluding carboxylic acids is 1. The first-order valence-electron chi connectivity index (χ1n) is 7.87. The monoisotopic (exact) mass is 371 g/mol. The number of aliphatic carboxylic acids is 1. The van der Waals surface area contributed by atoms with Crippen LogP contribution in [0.25, 0.3) is 0 Å². The van der Waals surface area contributed by atoms with Gasteiger partial charge < -0.3 is 15.7 Å². The summed E-state index contributed by atoms with van der Waals surface area (Å²) in [6, 6.07) is 5.93. The van der Waals surface area contributed by atoms with Crippen LogP contribution in [0.5, 0.6) is 0 Å². The lowest BCUT2D eigenvalue weighted by Gasteiger charge is -2.21. The Morgan fingerprint density at radius 1 is 1.12 bits per heavy atom. The molecule has 2 amide bonds. The summed E-state index contributed by atoms with van der Waals surface area (Å²) in [4.78, 5) is 22.2. The minimum atomic E-state index is -3.71. The van der Waals surface area contributed by atoms with Gasteiger partial charge in [0.1, 0.15) is 0 Å². The molecule has 0 saturated heterocycles. The van der Waals surface area contributed by atoms with Crippen LogP contribution < -0.4 is 15.4 Å². The highest BCUT2D eigenvalue weighted by Gasteiger charge is 2.24. The van der Waals surface area contributed by atoms with Gasteiger partial charge in [-0.1, -0.05) is 18.2 Å². The number of rotatable bonds is 8. The van der Waals surface area contributed by atoms with Crippen LogP contribution >= 0.6 is 0 Å². The second kappa shape index (κ2) is 8.82. The van der Waals surface area contributed by atoms with E-state index in [2.05, 4.69) is 15.4 Å². The van der Waals surface area contributed by atoms with E-state index in [0.29, 0.717) is 12.0 Å².